The molecular formula is C14H18O4S. The van der Waals surface area contributed by atoms with Gasteiger partial charge in [0.1, 0.15) is 9.84 Å². The number of benzene rings is 1. The van der Waals surface area contributed by atoms with Gasteiger partial charge in [0.05, 0.1) is 24.7 Å². The Bertz CT molecular complexity index is 551. The van der Waals surface area contributed by atoms with E-state index in [4.69, 9.17) is 9.47 Å². The molecule has 4 nitrogen and oxygen atoms in total. The molecule has 0 aliphatic carbocycles. The van der Waals surface area contributed by atoms with Crippen molar-refractivity contribution in [2.24, 2.45) is 5.92 Å². The van der Waals surface area contributed by atoms with E-state index in [0.29, 0.717) is 36.9 Å². The highest BCUT2D eigenvalue weighted by Gasteiger charge is 2.25. The minimum atomic E-state index is -2.79. The number of rotatable bonds is 3. The molecule has 0 N–H and O–H groups in total. The van der Waals surface area contributed by atoms with Gasteiger partial charge < -0.3 is 9.47 Å². The van der Waals surface area contributed by atoms with Crippen LogP contribution in [0.5, 0.6) is 11.5 Å². The fourth-order valence-electron chi connectivity index (χ4n) is 2.61. The minimum absolute atomic E-state index is 0.296. The smallest absolute Gasteiger partial charge is 0.164 e. The van der Waals surface area contributed by atoms with Gasteiger partial charge in [-0.2, -0.15) is 0 Å². The molecule has 5 heteroatoms. The first kappa shape index (κ1) is 12.8. The van der Waals surface area contributed by atoms with Crippen molar-refractivity contribution in [3.05, 3.63) is 23.8 Å². The van der Waals surface area contributed by atoms with Crippen LogP contribution in [0.15, 0.2) is 18.2 Å². The second-order valence-electron chi connectivity index (χ2n) is 5.25. The van der Waals surface area contributed by atoms with Crippen molar-refractivity contribution in [1.82, 2.24) is 0 Å². The van der Waals surface area contributed by atoms with Crippen molar-refractivity contribution in [2.75, 3.05) is 24.7 Å². The summed E-state index contributed by atoms with van der Waals surface area (Å²) in [7, 11) is -2.79. The van der Waals surface area contributed by atoms with Gasteiger partial charge in [-0.3, -0.25) is 0 Å². The lowest BCUT2D eigenvalue weighted by Gasteiger charge is -2.22. The average Bonchev–Trinajstić information content (AvgIpc) is 2.86. The zero-order chi connectivity index (χ0) is 13.3. The van der Waals surface area contributed by atoms with E-state index in [9.17, 15) is 8.42 Å². The van der Waals surface area contributed by atoms with Gasteiger partial charge in [-0.25, -0.2) is 8.42 Å². The molecule has 3 rings (SSSR count). The van der Waals surface area contributed by atoms with E-state index in [1.54, 1.807) is 0 Å². The molecule has 0 unspecified atom stereocenters. The van der Waals surface area contributed by atoms with Crippen LogP contribution in [0.1, 0.15) is 18.4 Å². The summed E-state index contributed by atoms with van der Waals surface area (Å²) in [6.45, 7) is 1.30. The van der Waals surface area contributed by atoms with Gasteiger partial charge in [0, 0.05) is 12.0 Å². The van der Waals surface area contributed by atoms with Crippen molar-refractivity contribution in [1.29, 1.82) is 0 Å². The molecule has 1 fully saturated rings. The van der Waals surface area contributed by atoms with Crippen molar-refractivity contribution in [2.45, 2.75) is 19.3 Å². The SMILES string of the molecule is O=S1(=O)CCC(COc2cccc3c2OCC3)CC1. The molecule has 0 atom stereocenters. The van der Waals surface area contributed by atoms with Gasteiger partial charge in [0.25, 0.3) is 0 Å². The first-order valence-electron chi connectivity index (χ1n) is 6.72. The molecule has 2 aliphatic rings. The van der Waals surface area contributed by atoms with E-state index in [2.05, 4.69) is 6.07 Å². The summed E-state index contributed by atoms with van der Waals surface area (Å²) in [6.07, 6.45) is 2.35. The lowest BCUT2D eigenvalue weighted by atomic mass is 10.0. The second-order valence-corrected chi connectivity index (χ2v) is 7.55. The quantitative estimate of drug-likeness (QED) is 0.848. The number of hydrogen-bond acceptors (Lipinski definition) is 4. The van der Waals surface area contributed by atoms with E-state index in [1.165, 1.54) is 5.56 Å². The first-order valence-corrected chi connectivity index (χ1v) is 8.54. The standard InChI is InChI=1S/C14H18O4S/c15-19(16)8-5-11(6-9-19)10-18-13-3-1-2-12-4-7-17-14(12)13/h1-3,11H,4-10H2. The van der Waals surface area contributed by atoms with Gasteiger partial charge in [-0.1, -0.05) is 12.1 Å². The summed E-state index contributed by atoms with van der Waals surface area (Å²) >= 11 is 0. The van der Waals surface area contributed by atoms with Crippen molar-refractivity contribution in [3.63, 3.8) is 0 Å². The Kier molecular flexibility index (Phi) is 3.39. The first-order chi connectivity index (χ1) is 9.14. The average molecular weight is 282 g/mol. The number of ether oxygens (including phenoxy) is 2. The van der Waals surface area contributed by atoms with Gasteiger partial charge in [-0.05, 0) is 24.8 Å². The Labute approximate surface area is 113 Å². The molecule has 2 aliphatic heterocycles. The summed E-state index contributed by atoms with van der Waals surface area (Å²) in [5.74, 6) is 2.59. The van der Waals surface area contributed by atoms with Gasteiger partial charge in [-0.15, -0.1) is 0 Å². The fourth-order valence-corrected chi connectivity index (χ4v) is 4.20. The van der Waals surface area contributed by atoms with Crippen LogP contribution in [0.4, 0.5) is 0 Å². The number of fused-ring (bicyclic) bond motifs is 1. The predicted octanol–water partition coefficient (Wildman–Crippen LogP) is 1.83. The lowest BCUT2D eigenvalue weighted by Crippen LogP contribution is -2.26. The largest absolute Gasteiger partial charge is 0.489 e. The summed E-state index contributed by atoms with van der Waals surface area (Å²) in [6, 6.07) is 5.96. The summed E-state index contributed by atoms with van der Waals surface area (Å²) < 4.78 is 34.1. The highest BCUT2D eigenvalue weighted by Crippen LogP contribution is 2.35. The zero-order valence-electron chi connectivity index (χ0n) is 10.8. The van der Waals surface area contributed by atoms with Crippen molar-refractivity contribution < 1.29 is 17.9 Å². The summed E-state index contributed by atoms with van der Waals surface area (Å²) in [5.41, 5.74) is 1.20. The molecule has 0 aromatic heterocycles. The van der Waals surface area contributed by atoms with Crippen LogP contribution in [-0.4, -0.2) is 33.1 Å². The van der Waals surface area contributed by atoms with Crippen LogP contribution < -0.4 is 9.47 Å². The molecule has 0 spiro atoms. The van der Waals surface area contributed by atoms with E-state index < -0.39 is 9.84 Å². The number of sulfone groups is 1. The normalized spacial score (nSPS) is 21.7. The molecule has 1 saturated heterocycles. The molecule has 1 aromatic rings. The summed E-state index contributed by atoms with van der Waals surface area (Å²) in [4.78, 5) is 0. The molecular weight excluding hydrogens is 264 g/mol. The Morgan fingerprint density at radius 3 is 2.84 bits per heavy atom. The van der Waals surface area contributed by atoms with E-state index in [1.807, 2.05) is 12.1 Å². The Morgan fingerprint density at radius 1 is 1.26 bits per heavy atom. The van der Waals surface area contributed by atoms with E-state index in [0.717, 1.165) is 24.5 Å². The molecule has 104 valence electrons. The summed E-state index contributed by atoms with van der Waals surface area (Å²) in [5, 5.41) is 0. The van der Waals surface area contributed by atoms with Crippen LogP contribution in [0, 0.1) is 5.92 Å². The number of para-hydroxylation sites is 1. The molecule has 19 heavy (non-hydrogen) atoms. The zero-order valence-corrected chi connectivity index (χ0v) is 11.6. The van der Waals surface area contributed by atoms with Gasteiger partial charge >= 0.3 is 0 Å². The van der Waals surface area contributed by atoms with E-state index >= 15 is 0 Å². The lowest BCUT2D eigenvalue weighted by molar-refractivity contribution is 0.226. The van der Waals surface area contributed by atoms with Crippen LogP contribution >= 0.6 is 0 Å². The topological polar surface area (TPSA) is 52.6 Å². The van der Waals surface area contributed by atoms with Crippen LogP contribution in [0.25, 0.3) is 0 Å². The monoisotopic (exact) mass is 282 g/mol. The third-order valence-corrected chi connectivity index (χ3v) is 5.54. The molecule has 0 saturated carbocycles. The minimum Gasteiger partial charge on any atom is -0.489 e. The highest BCUT2D eigenvalue weighted by molar-refractivity contribution is 7.91. The third-order valence-electron chi connectivity index (χ3n) is 3.83. The molecule has 1 aromatic carbocycles. The maximum Gasteiger partial charge on any atom is 0.164 e. The van der Waals surface area contributed by atoms with Crippen LogP contribution in [0.3, 0.4) is 0 Å². The van der Waals surface area contributed by atoms with Crippen molar-refractivity contribution >= 4 is 9.84 Å². The molecule has 2 heterocycles. The second kappa shape index (κ2) is 5.04. The van der Waals surface area contributed by atoms with Gasteiger partial charge in [0.2, 0.25) is 0 Å². The third kappa shape index (κ3) is 2.86. The molecule has 0 amide bonds. The van der Waals surface area contributed by atoms with Crippen LogP contribution in [-0.2, 0) is 16.3 Å². The molecule has 0 radical (unpaired) electrons. The molecule has 0 bridgehead atoms. The Morgan fingerprint density at radius 2 is 2.05 bits per heavy atom. The van der Waals surface area contributed by atoms with Crippen molar-refractivity contribution in [3.8, 4) is 11.5 Å². The van der Waals surface area contributed by atoms with Gasteiger partial charge in [0.15, 0.2) is 11.5 Å². The Hall–Kier alpha value is -1.23. The van der Waals surface area contributed by atoms with E-state index in [-0.39, 0.29) is 0 Å². The van der Waals surface area contributed by atoms with Crippen LogP contribution in [0.2, 0.25) is 0 Å². The number of hydrogen-bond donors (Lipinski definition) is 0. The predicted molar refractivity (Wildman–Crippen MR) is 72.5 cm³/mol. The maximum absolute atomic E-state index is 11.4. The Balaban J connectivity index is 1.60. The highest BCUT2D eigenvalue weighted by atomic mass is 32.2. The maximum atomic E-state index is 11.4. The fraction of sp³-hybridized carbons (Fsp3) is 0.571.